The maximum Gasteiger partial charge on any atom is 0.471 e. The van der Waals surface area contributed by atoms with E-state index < -0.39 is 12.1 Å². The smallest absolute Gasteiger partial charge is 0.329 e. The number of rotatable bonds is 3. The van der Waals surface area contributed by atoms with Gasteiger partial charge in [0, 0.05) is 11.8 Å². The van der Waals surface area contributed by atoms with Crippen LogP contribution in [0.15, 0.2) is 47.1 Å². The topological polar surface area (TPSA) is 82.5 Å². The molecule has 0 amide bonds. The van der Waals surface area contributed by atoms with Gasteiger partial charge in [0.05, 0.1) is 6.54 Å². The first-order chi connectivity index (χ1) is 12.0. The number of hydrogen-bond acceptors (Lipinski definition) is 6. The number of alkyl halides is 3. The van der Waals surface area contributed by atoms with Crippen LogP contribution in [0.1, 0.15) is 11.5 Å². The Kier molecular flexibility index (Phi) is 3.45. The minimum Gasteiger partial charge on any atom is -0.329 e. The molecule has 0 aliphatic rings. The maximum absolute atomic E-state index is 12.5. The summed E-state index contributed by atoms with van der Waals surface area (Å²) in [5.41, 5.74) is 2.52. The van der Waals surface area contributed by atoms with Gasteiger partial charge in [-0.15, -0.1) is 5.10 Å². The first-order valence-electron chi connectivity index (χ1n) is 7.15. The molecule has 0 aliphatic heterocycles. The van der Waals surface area contributed by atoms with Crippen LogP contribution in [0, 0.1) is 0 Å². The zero-order chi connectivity index (χ0) is 17.4. The lowest BCUT2D eigenvalue weighted by molar-refractivity contribution is -0.159. The minimum absolute atomic E-state index is 0.119. The number of nitrogens with zero attached hydrogens (tertiary/aromatic N) is 6. The third kappa shape index (κ3) is 3.05. The zero-order valence-corrected chi connectivity index (χ0v) is 12.5. The van der Waals surface area contributed by atoms with Gasteiger partial charge in [-0.25, -0.2) is 4.98 Å². The molecule has 0 bridgehead atoms. The van der Waals surface area contributed by atoms with Crippen molar-refractivity contribution in [2.75, 3.05) is 0 Å². The van der Waals surface area contributed by atoms with E-state index in [9.17, 15) is 13.2 Å². The van der Waals surface area contributed by atoms with E-state index in [1.807, 2.05) is 6.07 Å². The molecule has 0 radical (unpaired) electrons. The molecule has 0 saturated carbocycles. The van der Waals surface area contributed by atoms with Crippen LogP contribution >= 0.6 is 0 Å². The molecule has 0 N–H and O–H groups in total. The Labute approximate surface area is 138 Å². The summed E-state index contributed by atoms with van der Waals surface area (Å²) in [5, 5.41) is 11.9. The van der Waals surface area contributed by atoms with E-state index in [1.165, 1.54) is 4.80 Å². The molecule has 0 atom stereocenters. The highest BCUT2D eigenvalue weighted by atomic mass is 19.4. The van der Waals surface area contributed by atoms with E-state index >= 15 is 0 Å². The predicted molar refractivity (Wildman–Crippen MR) is 79.2 cm³/mol. The lowest BCUT2D eigenvalue weighted by Gasteiger charge is -2.01. The normalized spacial score (nSPS) is 12.0. The van der Waals surface area contributed by atoms with Gasteiger partial charge in [-0.05, 0) is 17.7 Å². The fraction of sp³-hybridized carbons (Fsp3) is 0.133. The molecular weight excluding hydrogens is 337 g/mol. The van der Waals surface area contributed by atoms with Crippen LogP contribution in [0.4, 0.5) is 13.2 Å². The predicted octanol–water partition coefficient (Wildman–Crippen LogP) is 2.94. The molecule has 126 valence electrons. The van der Waals surface area contributed by atoms with E-state index in [2.05, 4.69) is 29.8 Å². The summed E-state index contributed by atoms with van der Waals surface area (Å²) < 4.78 is 41.7. The molecule has 3 aromatic heterocycles. The Morgan fingerprint density at radius 2 is 1.84 bits per heavy atom. The Bertz CT molecular complexity index is 989. The second kappa shape index (κ2) is 5.65. The Balaban J connectivity index is 1.54. The monoisotopic (exact) mass is 346 g/mol. The van der Waals surface area contributed by atoms with E-state index in [0.717, 1.165) is 5.56 Å². The van der Waals surface area contributed by atoms with Gasteiger partial charge in [-0.1, -0.05) is 29.4 Å². The van der Waals surface area contributed by atoms with Crippen molar-refractivity contribution < 1.29 is 17.7 Å². The fourth-order valence-corrected chi connectivity index (χ4v) is 2.25. The van der Waals surface area contributed by atoms with Crippen LogP contribution in [0.3, 0.4) is 0 Å². The first-order valence-corrected chi connectivity index (χ1v) is 7.15. The average molecular weight is 346 g/mol. The van der Waals surface area contributed by atoms with E-state index in [-0.39, 0.29) is 5.82 Å². The van der Waals surface area contributed by atoms with E-state index in [1.54, 1.807) is 36.5 Å². The second-order valence-corrected chi connectivity index (χ2v) is 5.19. The number of aromatic nitrogens is 6. The van der Waals surface area contributed by atoms with Crippen LogP contribution in [0.5, 0.6) is 0 Å². The zero-order valence-electron chi connectivity index (χ0n) is 12.5. The summed E-state index contributed by atoms with van der Waals surface area (Å²) in [5.74, 6) is -1.49. The summed E-state index contributed by atoms with van der Waals surface area (Å²) in [6.45, 7) is 0.399. The van der Waals surface area contributed by atoms with Crippen LogP contribution in [0.2, 0.25) is 0 Å². The number of hydrogen-bond donors (Lipinski definition) is 0. The van der Waals surface area contributed by atoms with E-state index in [4.69, 9.17) is 0 Å². The minimum atomic E-state index is -4.66. The van der Waals surface area contributed by atoms with Gasteiger partial charge >= 0.3 is 12.1 Å². The molecule has 0 fully saturated rings. The van der Waals surface area contributed by atoms with Gasteiger partial charge in [-0.2, -0.15) is 28.1 Å². The molecule has 0 spiro atoms. The highest BCUT2D eigenvalue weighted by Gasteiger charge is 2.38. The molecule has 25 heavy (non-hydrogen) atoms. The third-order valence-electron chi connectivity index (χ3n) is 3.40. The van der Waals surface area contributed by atoms with Crippen molar-refractivity contribution in [3.63, 3.8) is 0 Å². The van der Waals surface area contributed by atoms with Gasteiger partial charge in [-0.3, -0.25) is 0 Å². The van der Waals surface area contributed by atoms with Crippen LogP contribution < -0.4 is 0 Å². The quantitative estimate of drug-likeness (QED) is 0.567. The van der Waals surface area contributed by atoms with Crippen molar-refractivity contribution >= 4 is 11.2 Å². The molecule has 0 aliphatic carbocycles. The second-order valence-electron chi connectivity index (χ2n) is 5.19. The standard InChI is InChI=1S/C15H9F3N6O/c16-15(17,18)14-20-12(23-25-14)10-5-3-9(4-6-10)8-24-21-11-2-1-7-19-13(11)22-24/h1-7H,8H2. The molecule has 0 saturated heterocycles. The fourth-order valence-electron chi connectivity index (χ4n) is 2.25. The van der Waals surface area contributed by atoms with Crippen molar-refractivity contribution in [2.24, 2.45) is 0 Å². The van der Waals surface area contributed by atoms with Crippen LogP contribution in [0.25, 0.3) is 22.6 Å². The number of benzene rings is 1. The Hall–Kier alpha value is -3.30. The SMILES string of the molecule is FC(F)(F)c1nc(-c2ccc(Cn3nc4cccnc4n3)cc2)no1. The first kappa shape index (κ1) is 15.2. The molecule has 7 nitrogen and oxygen atoms in total. The van der Waals surface area contributed by atoms with E-state index in [0.29, 0.717) is 23.3 Å². The maximum atomic E-state index is 12.5. The highest BCUT2D eigenvalue weighted by Crippen LogP contribution is 2.29. The van der Waals surface area contributed by atoms with Crippen LogP contribution in [-0.4, -0.2) is 30.1 Å². The molecule has 1 aromatic carbocycles. The van der Waals surface area contributed by atoms with Crippen molar-refractivity contribution in [1.29, 1.82) is 0 Å². The molecule has 10 heteroatoms. The Morgan fingerprint density at radius 3 is 2.52 bits per heavy atom. The number of pyridine rings is 1. The van der Waals surface area contributed by atoms with Gasteiger partial charge in [0.25, 0.3) is 0 Å². The van der Waals surface area contributed by atoms with Crippen molar-refractivity contribution in [3.8, 4) is 11.4 Å². The molecule has 4 aromatic rings. The lowest BCUT2D eigenvalue weighted by Crippen LogP contribution is -2.05. The molecule has 0 unspecified atom stereocenters. The summed E-state index contributed by atoms with van der Waals surface area (Å²) in [7, 11) is 0. The third-order valence-corrected chi connectivity index (χ3v) is 3.40. The van der Waals surface area contributed by atoms with Gasteiger partial charge in [0.1, 0.15) is 5.52 Å². The lowest BCUT2D eigenvalue weighted by atomic mass is 10.1. The van der Waals surface area contributed by atoms with Crippen molar-refractivity contribution in [1.82, 2.24) is 30.1 Å². The van der Waals surface area contributed by atoms with Gasteiger partial charge in [0.2, 0.25) is 11.5 Å². The Morgan fingerprint density at radius 1 is 1.04 bits per heavy atom. The van der Waals surface area contributed by atoms with Gasteiger partial charge < -0.3 is 4.52 Å². The summed E-state index contributed by atoms with van der Waals surface area (Å²) in [6, 6.07) is 10.3. The molecule has 3 heterocycles. The molecule has 4 rings (SSSR count). The highest BCUT2D eigenvalue weighted by molar-refractivity contribution is 5.67. The van der Waals surface area contributed by atoms with Crippen LogP contribution in [-0.2, 0) is 12.7 Å². The van der Waals surface area contributed by atoms with Crippen molar-refractivity contribution in [3.05, 3.63) is 54.0 Å². The number of fused-ring (bicyclic) bond motifs is 1. The largest absolute Gasteiger partial charge is 0.471 e. The van der Waals surface area contributed by atoms with Gasteiger partial charge in [0.15, 0.2) is 0 Å². The summed E-state index contributed by atoms with van der Waals surface area (Å²) in [6.07, 6.45) is -3.02. The summed E-state index contributed by atoms with van der Waals surface area (Å²) >= 11 is 0. The van der Waals surface area contributed by atoms with Crippen molar-refractivity contribution in [2.45, 2.75) is 12.7 Å². The number of halogens is 3. The summed E-state index contributed by atoms with van der Waals surface area (Å²) in [4.78, 5) is 8.96. The molecular formula is C15H9F3N6O. The average Bonchev–Trinajstić information content (AvgIpc) is 3.21.